The van der Waals surface area contributed by atoms with Gasteiger partial charge in [0.05, 0.1) is 0 Å². The Morgan fingerprint density at radius 1 is 0.806 bits per heavy atom. The van der Waals surface area contributed by atoms with Gasteiger partial charge in [0.15, 0.2) is 0 Å². The summed E-state index contributed by atoms with van der Waals surface area (Å²) in [5, 5.41) is 0. The first-order chi connectivity index (χ1) is 14.1. The molecule has 0 bridgehead atoms. The molecule has 2 rings (SSSR count). The number of rotatable bonds is 6. The van der Waals surface area contributed by atoms with E-state index in [1.165, 1.54) is 22.3 Å². The summed E-state index contributed by atoms with van der Waals surface area (Å²) >= 11 is 0. The molecular formula is C30H46O. The molecule has 1 nitrogen and oxygen atoms in total. The van der Waals surface area contributed by atoms with Gasteiger partial charge in [-0.2, -0.15) is 0 Å². The summed E-state index contributed by atoms with van der Waals surface area (Å²) < 4.78 is 6.73. The van der Waals surface area contributed by atoms with Gasteiger partial charge in [0, 0.05) is 5.92 Å². The van der Waals surface area contributed by atoms with Crippen LogP contribution in [0.2, 0.25) is 0 Å². The minimum atomic E-state index is -0.232. The standard InChI is InChI=1S/C30H46O/c1-12-26(29(6,7)8)25-19-23(21(2)22-16-14-13-15-17-22)18-24(20-28(3,4)5)27(25)31-30(9,10)11/h13-19,21,26H,12,20H2,1-11H3. The summed E-state index contributed by atoms with van der Waals surface area (Å²) in [5.41, 5.74) is 5.60. The first kappa shape index (κ1) is 25.5. The first-order valence-corrected chi connectivity index (χ1v) is 12.0. The first-order valence-electron chi connectivity index (χ1n) is 12.0. The lowest BCUT2D eigenvalue weighted by Crippen LogP contribution is -2.27. The van der Waals surface area contributed by atoms with Gasteiger partial charge in [-0.15, -0.1) is 0 Å². The maximum absolute atomic E-state index is 6.73. The molecule has 1 heteroatoms. The molecule has 0 N–H and O–H groups in total. The third-order valence-corrected chi connectivity index (χ3v) is 5.97. The van der Waals surface area contributed by atoms with Gasteiger partial charge in [0.2, 0.25) is 0 Å². The highest BCUT2D eigenvalue weighted by Crippen LogP contribution is 2.46. The van der Waals surface area contributed by atoms with E-state index in [0.717, 1.165) is 18.6 Å². The second-order valence-corrected chi connectivity index (χ2v) is 12.5. The molecule has 0 saturated carbocycles. The molecule has 0 aromatic heterocycles. The van der Waals surface area contributed by atoms with Crippen LogP contribution in [-0.4, -0.2) is 5.60 Å². The Bertz CT molecular complexity index is 841. The van der Waals surface area contributed by atoms with Crippen LogP contribution in [0, 0.1) is 10.8 Å². The van der Waals surface area contributed by atoms with Gasteiger partial charge in [-0.1, -0.05) is 97.9 Å². The van der Waals surface area contributed by atoms with Crippen molar-refractivity contribution in [3.63, 3.8) is 0 Å². The van der Waals surface area contributed by atoms with Gasteiger partial charge < -0.3 is 4.74 Å². The summed E-state index contributed by atoms with van der Waals surface area (Å²) in [6, 6.07) is 15.7. The monoisotopic (exact) mass is 422 g/mol. The van der Waals surface area contributed by atoms with E-state index >= 15 is 0 Å². The molecule has 2 aromatic rings. The van der Waals surface area contributed by atoms with Crippen molar-refractivity contribution in [2.24, 2.45) is 10.8 Å². The molecule has 2 atom stereocenters. The Balaban J connectivity index is 2.79. The SMILES string of the molecule is CCC(c1cc(C(C)c2ccccc2)cc(CC(C)(C)C)c1OC(C)(C)C)C(C)(C)C. The molecule has 0 fully saturated rings. The van der Waals surface area contributed by atoms with Crippen LogP contribution in [0.25, 0.3) is 0 Å². The summed E-state index contributed by atoms with van der Waals surface area (Å²) in [4.78, 5) is 0. The zero-order chi connectivity index (χ0) is 23.6. The van der Waals surface area contributed by atoms with Crippen LogP contribution in [0.1, 0.15) is 117 Å². The zero-order valence-electron chi connectivity index (χ0n) is 22.0. The third-order valence-electron chi connectivity index (χ3n) is 5.97. The molecule has 0 aliphatic rings. The smallest absolute Gasteiger partial charge is 0.126 e. The average molecular weight is 423 g/mol. The predicted octanol–water partition coefficient (Wildman–Crippen LogP) is 9.14. The second kappa shape index (κ2) is 9.39. The Labute approximate surface area is 192 Å². The molecule has 0 spiro atoms. The maximum atomic E-state index is 6.73. The van der Waals surface area contributed by atoms with Crippen molar-refractivity contribution in [3.8, 4) is 5.75 Å². The molecule has 2 aromatic carbocycles. The Morgan fingerprint density at radius 2 is 1.39 bits per heavy atom. The number of ether oxygens (including phenoxy) is 1. The summed E-state index contributed by atoms with van der Waals surface area (Å²) in [5.74, 6) is 1.90. The fraction of sp³-hybridized carbons (Fsp3) is 0.600. The van der Waals surface area contributed by atoms with Gasteiger partial charge in [0.1, 0.15) is 11.4 Å². The van der Waals surface area contributed by atoms with Crippen molar-refractivity contribution < 1.29 is 4.74 Å². The van der Waals surface area contributed by atoms with E-state index in [-0.39, 0.29) is 16.4 Å². The molecule has 31 heavy (non-hydrogen) atoms. The van der Waals surface area contributed by atoms with Crippen molar-refractivity contribution in [1.82, 2.24) is 0 Å². The fourth-order valence-electron chi connectivity index (χ4n) is 4.61. The predicted molar refractivity (Wildman–Crippen MR) is 136 cm³/mol. The van der Waals surface area contributed by atoms with Crippen LogP contribution in [-0.2, 0) is 6.42 Å². The van der Waals surface area contributed by atoms with Crippen molar-refractivity contribution >= 4 is 0 Å². The molecule has 0 aliphatic heterocycles. The van der Waals surface area contributed by atoms with E-state index in [2.05, 4.69) is 119 Å². The quantitative estimate of drug-likeness (QED) is 0.451. The van der Waals surface area contributed by atoms with Gasteiger partial charge >= 0.3 is 0 Å². The molecule has 0 radical (unpaired) electrons. The van der Waals surface area contributed by atoms with E-state index < -0.39 is 0 Å². The average Bonchev–Trinajstić information content (AvgIpc) is 2.61. The van der Waals surface area contributed by atoms with Crippen LogP contribution in [0.4, 0.5) is 0 Å². The van der Waals surface area contributed by atoms with E-state index in [1.807, 2.05) is 0 Å². The Kier molecular flexibility index (Phi) is 7.72. The van der Waals surface area contributed by atoms with Crippen LogP contribution in [0.5, 0.6) is 5.75 Å². The number of benzene rings is 2. The lowest BCUT2D eigenvalue weighted by Gasteiger charge is -2.36. The van der Waals surface area contributed by atoms with Crippen LogP contribution >= 0.6 is 0 Å². The molecule has 172 valence electrons. The minimum Gasteiger partial charge on any atom is -0.488 e. The van der Waals surface area contributed by atoms with E-state index in [1.54, 1.807) is 0 Å². The van der Waals surface area contributed by atoms with Crippen molar-refractivity contribution in [3.05, 3.63) is 64.7 Å². The molecule has 0 heterocycles. The van der Waals surface area contributed by atoms with E-state index in [0.29, 0.717) is 11.8 Å². The highest BCUT2D eigenvalue weighted by molar-refractivity contribution is 5.50. The highest BCUT2D eigenvalue weighted by Gasteiger charge is 2.32. The molecule has 0 aliphatic carbocycles. The van der Waals surface area contributed by atoms with Gasteiger partial charge in [0.25, 0.3) is 0 Å². The zero-order valence-corrected chi connectivity index (χ0v) is 22.0. The lowest BCUT2D eigenvalue weighted by molar-refractivity contribution is 0.124. The highest BCUT2D eigenvalue weighted by atomic mass is 16.5. The van der Waals surface area contributed by atoms with Crippen molar-refractivity contribution in [2.75, 3.05) is 0 Å². The largest absolute Gasteiger partial charge is 0.488 e. The van der Waals surface area contributed by atoms with Gasteiger partial charge in [-0.05, 0) is 72.6 Å². The minimum absolute atomic E-state index is 0.165. The third kappa shape index (κ3) is 7.13. The van der Waals surface area contributed by atoms with Gasteiger partial charge in [-0.25, -0.2) is 0 Å². The summed E-state index contributed by atoms with van der Waals surface area (Å²) in [6.07, 6.45) is 2.10. The Hall–Kier alpha value is -1.76. The summed E-state index contributed by atoms with van der Waals surface area (Å²) in [7, 11) is 0. The topological polar surface area (TPSA) is 9.23 Å². The van der Waals surface area contributed by atoms with Crippen LogP contribution < -0.4 is 4.74 Å². The molecule has 0 saturated heterocycles. The lowest BCUT2D eigenvalue weighted by atomic mass is 9.72. The van der Waals surface area contributed by atoms with Crippen LogP contribution in [0.3, 0.4) is 0 Å². The number of hydrogen-bond acceptors (Lipinski definition) is 1. The van der Waals surface area contributed by atoms with Gasteiger partial charge in [-0.3, -0.25) is 0 Å². The fourth-order valence-corrected chi connectivity index (χ4v) is 4.61. The number of hydrogen-bond donors (Lipinski definition) is 0. The van der Waals surface area contributed by atoms with Crippen LogP contribution in [0.15, 0.2) is 42.5 Å². The molecule has 0 amide bonds. The van der Waals surface area contributed by atoms with Crippen molar-refractivity contribution in [2.45, 2.75) is 106 Å². The van der Waals surface area contributed by atoms with E-state index in [4.69, 9.17) is 4.74 Å². The maximum Gasteiger partial charge on any atom is 0.126 e. The normalized spacial score (nSPS) is 14.9. The Morgan fingerprint density at radius 3 is 1.84 bits per heavy atom. The second-order valence-electron chi connectivity index (χ2n) is 12.5. The molecule has 2 unspecified atom stereocenters. The summed E-state index contributed by atoms with van der Waals surface area (Å²) in [6.45, 7) is 25.2. The van der Waals surface area contributed by atoms with E-state index in [9.17, 15) is 0 Å². The van der Waals surface area contributed by atoms with Crippen molar-refractivity contribution in [1.29, 1.82) is 0 Å². The molecular weight excluding hydrogens is 376 g/mol.